The van der Waals surface area contributed by atoms with Crippen LogP contribution in [0.2, 0.25) is 0 Å². The Bertz CT molecular complexity index is 798. The summed E-state index contributed by atoms with van der Waals surface area (Å²) >= 11 is 1.29. The van der Waals surface area contributed by atoms with Crippen molar-refractivity contribution in [3.63, 3.8) is 0 Å². The highest BCUT2D eigenvalue weighted by Gasteiger charge is 2.16. The van der Waals surface area contributed by atoms with E-state index in [0.717, 1.165) is 10.6 Å². The third-order valence-electron chi connectivity index (χ3n) is 3.51. The number of hydrogen-bond acceptors (Lipinski definition) is 5. The van der Waals surface area contributed by atoms with Crippen molar-refractivity contribution in [2.75, 3.05) is 5.73 Å². The normalized spacial score (nSPS) is 12.0. The molecule has 4 nitrogen and oxygen atoms in total. The third-order valence-corrected chi connectivity index (χ3v) is 4.42. The van der Waals surface area contributed by atoms with Crippen LogP contribution in [-0.2, 0) is 0 Å². The molecule has 0 saturated carbocycles. The first-order valence-electron chi connectivity index (χ1n) is 6.94. The zero-order chi connectivity index (χ0) is 15.5. The molecule has 22 heavy (non-hydrogen) atoms. The highest BCUT2D eigenvalue weighted by Crippen LogP contribution is 2.27. The lowest BCUT2D eigenvalue weighted by molar-refractivity contribution is 0.103. The number of benzene rings is 2. The smallest absolute Gasteiger partial charge is 0.232 e. The van der Waals surface area contributed by atoms with Crippen molar-refractivity contribution < 1.29 is 4.79 Å². The molecule has 1 atom stereocenters. The van der Waals surface area contributed by atoms with Crippen molar-refractivity contribution in [3.05, 3.63) is 76.3 Å². The average molecular weight is 309 g/mol. The Morgan fingerprint density at radius 3 is 2.50 bits per heavy atom. The molecule has 0 bridgehead atoms. The molecule has 1 aromatic heterocycles. The first-order valence-corrected chi connectivity index (χ1v) is 7.71. The Labute approximate surface area is 132 Å². The summed E-state index contributed by atoms with van der Waals surface area (Å²) in [6, 6.07) is 16.9. The summed E-state index contributed by atoms with van der Waals surface area (Å²) in [7, 11) is 0. The van der Waals surface area contributed by atoms with E-state index >= 15 is 0 Å². The van der Waals surface area contributed by atoms with Crippen molar-refractivity contribution in [1.82, 2.24) is 9.36 Å². The number of ketones is 1. The van der Waals surface area contributed by atoms with Gasteiger partial charge < -0.3 is 5.73 Å². The van der Waals surface area contributed by atoms with Crippen molar-refractivity contribution in [1.29, 1.82) is 0 Å². The van der Waals surface area contributed by atoms with Crippen LogP contribution in [0.3, 0.4) is 0 Å². The first-order chi connectivity index (χ1) is 10.6. The zero-order valence-electron chi connectivity index (χ0n) is 12.1. The third kappa shape index (κ3) is 2.89. The maximum atomic E-state index is 12.5. The number of nitrogens with two attached hydrogens (primary N) is 1. The topological polar surface area (TPSA) is 68.9 Å². The van der Waals surface area contributed by atoms with Gasteiger partial charge in [-0.1, -0.05) is 55.5 Å². The van der Waals surface area contributed by atoms with Crippen LogP contribution in [0.15, 0.2) is 54.6 Å². The van der Waals surface area contributed by atoms with E-state index < -0.39 is 0 Å². The van der Waals surface area contributed by atoms with Gasteiger partial charge in [0.1, 0.15) is 5.01 Å². The van der Waals surface area contributed by atoms with E-state index in [-0.39, 0.29) is 11.7 Å². The average Bonchev–Trinajstić information content (AvgIpc) is 3.01. The molecule has 0 aliphatic rings. The number of rotatable bonds is 4. The molecule has 0 amide bonds. The zero-order valence-corrected chi connectivity index (χ0v) is 12.9. The number of nitrogen functional groups attached to an aromatic ring is 1. The van der Waals surface area contributed by atoms with Gasteiger partial charge in [0, 0.05) is 17.0 Å². The molecule has 0 saturated heterocycles. The van der Waals surface area contributed by atoms with Gasteiger partial charge >= 0.3 is 0 Å². The minimum atomic E-state index is 0.0198. The van der Waals surface area contributed by atoms with E-state index in [4.69, 9.17) is 5.73 Å². The summed E-state index contributed by atoms with van der Waals surface area (Å²) in [6.07, 6.45) is 0. The standard InChI is InChI=1S/C17H15N3OS/c1-11(16-19-17(18)20-22-16)13-8-5-9-14(10-13)15(21)12-6-3-2-4-7-12/h2-11H,1H3,(H2,18,20). The number of aromatic nitrogens is 2. The summed E-state index contributed by atoms with van der Waals surface area (Å²) in [5.41, 5.74) is 7.97. The minimum Gasteiger partial charge on any atom is -0.367 e. The number of anilines is 1. The number of carbonyl (C=O) groups is 1. The van der Waals surface area contributed by atoms with Gasteiger partial charge in [0.2, 0.25) is 5.95 Å². The maximum absolute atomic E-state index is 12.5. The fraction of sp³-hybridized carbons (Fsp3) is 0.118. The predicted molar refractivity (Wildman–Crippen MR) is 88.2 cm³/mol. The summed E-state index contributed by atoms with van der Waals surface area (Å²) in [5.74, 6) is 0.369. The van der Waals surface area contributed by atoms with E-state index in [1.807, 2.05) is 61.5 Å². The number of hydrogen-bond donors (Lipinski definition) is 1. The van der Waals surface area contributed by atoms with Gasteiger partial charge in [-0.15, -0.1) is 0 Å². The molecular formula is C17H15N3OS. The molecule has 3 rings (SSSR count). The SMILES string of the molecule is CC(c1cccc(C(=O)c2ccccc2)c1)c1nc(N)ns1. The monoisotopic (exact) mass is 309 g/mol. The van der Waals surface area contributed by atoms with Gasteiger partial charge in [-0.05, 0) is 23.2 Å². The van der Waals surface area contributed by atoms with Crippen LogP contribution in [0.4, 0.5) is 5.95 Å². The molecule has 1 unspecified atom stereocenters. The van der Waals surface area contributed by atoms with Gasteiger partial charge in [0.25, 0.3) is 0 Å². The second kappa shape index (κ2) is 6.07. The molecule has 0 aliphatic carbocycles. The second-order valence-corrected chi connectivity index (χ2v) is 5.82. The Morgan fingerprint density at radius 2 is 1.82 bits per heavy atom. The lowest BCUT2D eigenvalue weighted by Gasteiger charge is -2.10. The lowest BCUT2D eigenvalue weighted by atomic mass is 9.96. The van der Waals surface area contributed by atoms with Crippen LogP contribution in [0, 0.1) is 0 Å². The van der Waals surface area contributed by atoms with Gasteiger partial charge in [-0.25, -0.2) is 4.98 Å². The Hall–Kier alpha value is -2.53. The van der Waals surface area contributed by atoms with E-state index in [1.54, 1.807) is 0 Å². The van der Waals surface area contributed by atoms with Gasteiger partial charge in [0.15, 0.2) is 5.78 Å². The first kappa shape index (κ1) is 14.4. The molecule has 0 spiro atoms. The minimum absolute atomic E-state index is 0.0198. The fourth-order valence-electron chi connectivity index (χ4n) is 2.27. The van der Waals surface area contributed by atoms with E-state index in [0.29, 0.717) is 17.1 Å². The van der Waals surface area contributed by atoms with Crippen LogP contribution in [0.5, 0.6) is 0 Å². The van der Waals surface area contributed by atoms with Crippen molar-refractivity contribution >= 4 is 23.3 Å². The Kier molecular flexibility index (Phi) is 3.98. The molecule has 5 heteroatoms. The van der Waals surface area contributed by atoms with E-state index in [9.17, 15) is 4.79 Å². The molecule has 3 aromatic rings. The summed E-state index contributed by atoms with van der Waals surface area (Å²) in [5, 5.41) is 0.849. The predicted octanol–water partition coefficient (Wildman–Crippen LogP) is 3.50. The molecule has 2 aromatic carbocycles. The molecule has 0 fully saturated rings. The largest absolute Gasteiger partial charge is 0.367 e. The van der Waals surface area contributed by atoms with Gasteiger partial charge in [-0.3, -0.25) is 4.79 Å². The highest BCUT2D eigenvalue weighted by atomic mass is 32.1. The molecule has 110 valence electrons. The lowest BCUT2D eigenvalue weighted by Crippen LogP contribution is -2.03. The van der Waals surface area contributed by atoms with Crippen LogP contribution in [0.1, 0.15) is 39.3 Å². The van der Waals surface area contributed by atoms with Crippen molar-refractivity contribution in [3.8, 4) is 0 Å². The van der Waals surface area contributed by atoms with Crippen LogP contribution in [-0.4, -0.2) is 15.1 Å². The summed E-state index contributed by atoms with van der Waals surface area (Å²) in [6.45, 7) is 2.03. The fourth-order valence-corrected chi connectivity index (χ4v) is 2.93. The van der Waals surface area contributed by atoms with Crippen LogP contribution < -0.4 is 5.73 Å². The quantitative estimate of drug-likeness (QED) is 0.749. The van der Waals surface area contributed by atoms with Crippen molar-refractivity contribution in [2.24, 2.45) is 0 Å². The number of carbonyl (C=O) groups excluding carboxylic acids is 1. The van der Waals surface area contributed by atoms with E-state index in [2.05, 4.69) is 9.36 Å². The van der Waals surface area contributed by atoms with Gasteiger partial charge in [0.05, 0.1) is 0 Å². The second-order valence-electron chi connectivity index (χ2n) is 5.03. The molecule has 1 heterocycles. The maximum Gasteiger partial charge on any atom is 0.232 e. The van der Waals surface area contributed by atoms with Crippen LogP contribution >= 0.6 is 11.5 Å². The van der Waals surface area contributed by atoms with E-state index in [1.165, 1.54) is 11.5 Å². The molecule has 0 radical (unpaired) electrons. The molecule has 2 N–H and O–H groups in total. The summed E-state index contributed by atoms with van der Waals surface area (Å²) in [4.78, 5) is 16.7. The summed E-state index contributed by atoms with van der Waals surface area (Å²) < 4.78 is 4.01. The van der Waals surface area contributed by atoms with Crippen LogP contribution in [0.25, 0.3) is 0 Å². The van der Waals surface area contributed by atoms with Crippen molar-refractivity contribution in [2.45, 2.75) is 12.8 Å². The number of nitrogens with zero attached hydrogens (tertiary/aromatic N) is 2. The Morgan fingerprint density at radius 1 is 1.09 bits per heavy atom. The molecule has 0 aliphatic heterocycles. The Balaban J connectivity index is 1.91. The van der Waals surface area contributed by atoms with Gasteiger partial charge in [-0.2, -0.15) is 4.37 Å². The highest BCUT2D eigenvalue weighted by molar-refractivity contribution is 7.05. The molecular weight excluding hydrogens is 294 g/mol.